The third-order valence-corrected chi connectivity index (χ3v) is 3.58. The molecule has 0 spiro atoms. The minimum Gasteiger partial charge on any atom is -0.383 e. The molecule has 0 atom stereocenters. The van der Waals surface area contributed by atoms with E-state index >= 15 is 0 Å². The molecule has 2 heterocycles. The summed E-state index contributed by atoms with van der Waals surface area (Å²) < 4.78 is 1.29. The van der Waals surface area contributed by atoms with Gasteiger partial charge in [-0.05, 0) is 37.2 Å². The van der Waals surface area contributed by atoms with Gasteiger partial charge in [0.2, 0.25) is 5.82 Å². The van der Waals surface area contributed by atoms with Gasteiger partial charge in [0, 0.05) is 17.6 Å². The quantitative estimate of drug-likeness (QED) is 0.582. The number of nitrogens with two attached hydrogens (primary N) is 1. The van der Waals surface area contributed by atoms with Crippen LogP contribution in [0, 0.1) is 0 Å². The molecule has 8 nitrogen and oxygen atoms in total. The van der Waals surface area contributed by atoms with Gasteiger partial charge < -0.3 is 11.1 Å². The molecule has 0 fully saturated rings. The second-order valence-electron chi connectivity index (χ2n) is 5.02. The van der Waals surface area contributed by atoms with Gasteiger partial charge in [0.25, 0.3) is 5.56 Å². The molecule has 0 aliphatic rings. The third-order valence-electron chi connectivity index (χ3n) is 3.33. The summed E-state index contributed by atoms with van der Waals surface area (Å²) in [6, 6.07) is 8.32. The first kappa shape index (κ1) is 16.2. The summed E-state index contributed by atoms with van der Waals surface area (Å²) in [6.45, 7) is 1.18. The second kappa shape index (κ2) is 7.24. The lowest BCUT2D eigenvalue weighted by Gasteiger charge is -2.12. The van der Waals surface area contributed by atoms with Crippen LogP contribution in [0.5, 0.6) is 0 Å². The molecule has 0 saturated heterocycles. The van der Waals surface area contributed by atoms with E-state index in [2.05, 4.69) is 25.6 Å². The highest BCUT2D eigenvalue weighted by Crippen LogP contribution is 2.21. The van der Waals surface area contributed by atoms with Crippen LogP contribution in [0.15, 0.2) is 41.5 Å². The minimum absolute atomic E-state index is 0.271. The monoisotopic (exact) mass is 345 g/mol. The average molecular weight is 346 g/mol. The van der Waals surface area contributed by atoms with E-state index in [1.807, 2.05) is 0 Å². The number of H-pyrrole nitrogens is 1. The molecule has 3 rings (SSSR count). The third kappa shape index (κ3) is 3.44. The first-order valence-corrected chi connectivity index (χ1v) is 7.77. The highest BCUT2D eigenvalue weighted by Gasteiger charge is 2.14. The number of hydrogen-bond donors (Lipinski definition) is 3. The number of nitrogens with one attached hydrogen (secondary N) is 2. The van der Waals surface area contributed by atoms with Crippen LogP contribution in [-0.2, 0) is 0 Å². The van der Waals surface area contributed by atoms with Crippen LogP contribution in [0.4, 0.5) is 5.69 Å². The number of benzene rings is 1. The average Bonchev–Trinajstić information content (AvgIpc) is 3.11. The van der Waals surface area contributed by atoms with Gasteiger partial charge in [-0.25, -0.2) is 4.98 Å². The van der Waals surface area contributed by atoms with Gasteiger partial charge >= 0.3 is 0 Å². The molecule has 0 unspecified atom stereocenters. The molecule has 3 aromatic rings. The van der Waals surface area contributed by atoms with E-state index in [1.165, 1.54) is 17.1 Å². The molecule has 24 heavy (non-hydrogen) atoms. The van der Waals surface area contributed by atoms with E-state index in [1.54, 1.807) is 24.3 Å². The van der Waals surface area contributed by atoms with E-state index < -0.39 is 0 Å². The van der Waals surface area contributed by atoms with E-state index in [-0.39, 0.29) is 5.56 Å². The largest absolute Gasteiger partial charge is 0.383 e. The SMILES string of the molecule is NCCCNc1cc(=O)n(-c2ccc(Cl)cc2)nc1-c1nc[nH]n1. The van der Waals surface area contributed by atoms with Gasteiger partial charge in [0.05, 0.1) is 11.4 Å². The van der Waals surface area contributed by atoms with E-state index in [0.717, 1.165) is 6.42 Å². The lowest BCUT2D eigenvalue weighted by atomic mass is 10.2. The van der Waals surface area contributed by atoms with Crippen molar-refractivity contribution in [1.82, 2.24) is 25.0 Å². The summed E-state index contributed by atoms with van der Waals surface area (Å²) in [6.07, 6.45) is 2.23. The van der Waals surface area contributed by atoms with Gasteiger partial charge in [-0.2, -0.15) is 14.9 Å². The van der Waals surface area contributed by atoms with Crippen LogP contribution in [0.25, 0.3) is 17.2 Å². The molecular formula is C15H16ClN7O. The molecular weight excluding hydrogens is 330 g/mol. The van der Waals surface area contributed by atoms with Gasteiger partial charge in [-0.1, -0.05) is 11.6 Å². The Morgan fingerprint density at radius 3 is 2.75 bits per heavy atom. The summed E-state index contributed by atoms with van der Waals surface area (Å²) in [5, 5.41) is 14.9. The summed E-state index contributed by atoms with van der Waals surface area (Å²) in [7, 11) is 0. The van der Waals surface area contributed by atoms with Gasteiger partial charge in [-0.15, -0.1) is 0 Å². The molecule has 0 amide bonds. The fourth-order valence-corrected chi connectivity index (χ4v) is 2.30. The molecule has 4 N–H and O–H groups in total. The highest BCUT2D eigenvalue weighted by molar-refractivity contribution is 6.30. The lowest BCUT2D eigenvalue weighted by molar-refractivity contribution is 0.804. The maximum atomic E-state index is 12.4. The fraction of sp³-hybridized carbons (Fsp3) is 0.200. The smallest absolute Gasteiger partial charge is 0.273 e. The number of aromatic nitrogens is 5. The van der Waals surface area contributed by atoms with E-state index in [0.29, 0.717) is 41.0 Å². The predicted molar refractivity (Wildman–Crippen MR) is 92.4 cm³/mol. The van der Waals surface area contributed by atoms with Crippen molar-refractivity contribution in [3.63, 3.8) is 0 Å². The van der Waals surface area contributed by atoms with Crippen molar-refractivity contribution in [3.05, 3.63) is 52.0 Å². The highest BCUT2D eigenvalue weighted by atomic mass is 35.5. The maximum Gasteiger partial charge on any atom is 0.273 e. The lowest BCUT2D eigenvalue weighted by Crippen LogP contribution is -2.23. The second-order valence-corrected chi connectivity index (χ2v) is 5.46. The Morgan fingerprint density at radius 1 is 1.29 bits per heavy atom. The number of aromatic amines is 1. The Morgan fingerprint density at radius 2 is 2.08 bits per heavy atom. The first-order valence-electron chi connectivity index (χ1n) is 7.39. The zero-order valence-corrected chi connectivity index (χ0v) is 13.5. The zero-order chi connectivity index (χ0) is 16.9. The van der Waals surface area contributed by atoms with Gasteiger partial charge in [0.15, 0.2) is 5.69 Å². The van der Waals surface area contributed by atoms with Crippen LogP contribution in [0.3, 0.4) is 0 Å². The maximum absolute atomic E-state index is 12.4. The van der Waals surface area contributed by atoms with Crippen LogP contribution in [0.1, 0.15) is 6.42 Å². The van der Waals surface area contributed by atoms with Gasteiger partial charge in [0.1, 0.15) is 6.33 Å². The Balaban J connectivity index is 2.07. The van der Waals surface area contributed by atoms with Crippen molar-refractivity contribution in [2.45, 2.75) is 6.42 Å². The van der Waals surface area contributed by atoms with Crippen molar-refractivity contribution in [2.75, 3.05) is 18.4 Å². The zero-order valence-electron chi connectivity index (χ0n) is 12.7. The summed E-state index contributed by atoms with van der Waals surface area (Å²) in [4.78, 5) is 16.6. The van der Waals surface area contributed by atoms with Crippen LogP contribution in [-0.4, -0.2) is 38.1 Å². The number of halogens is 1. The summed E-state index contributed by atoms with van der Waals surface area (Å²) in [5.74, 6) is 0.396. The van der Waals surface area contributed by atoms with Crippen molar-refractivity contribution < 1.29 is 0 Å². The molecule has 9 heteroatoms. The molecule has 1 aromatic carbocycles. The normalized spacial score (nSPS) is 10.8. The molecule has 0 radical (unpaired) electrons. The number of rotatable bonds is 6. The van der Waals surface area contributed by atoms with Gasteiger partial charge in [-0.3, -0.25) is 9.89 Å². The number of anilines is 1. The standard InChI is InChI=1S/C15H16ClN7O/c16-10-2-4-11(5-3-10)23-13(24)8-12(18-7-1-6-17)14(22-23)15-19-9-20-21-15/h2-5,8-9,18H,1,6-7,17H2,(H,19,20,21). The Bertz CT molecular complexity index is 859. The van der Waals surface area contributed by atoms with Crippen LogP contribution < -0.4 is 16.6 Å². The van der Waals surface area contributed by atoms with E-state index in [4.69, 9.17) is 17.3 Å². The first-order chi connectivity index (χ1) is 11.7. The summed E-state index contributed by atoms with van der Waals surface area (Å²) in [5.41, 5.74) is 6.88. The van der Waals surface area contributed by atoms with E-state index in [9.17, 15) is 4.79 Å². The molecule has 2 aromatic heterocycles. The molecule has 0 aliphatic heterocycles. The Hall–Kier alpha value is -2.71. The minimum atomic E-state index is -0.271. The van der Waals surface area contributed by atoms with Crippen molar-refractivity contribution in [1.29, 1.82) is 0 Å². The Labute approximate surface area is 142 Å². The number of nitrogens with zero attached hydrogens (tertiary/aromatic N) is 4. The van der Waals surface area contributed by atoms with Crippen LogP contribution >= 0.6 is 11.6 Å². The summed E-state index contributed by atoms with van der Waals surface area (Å²) >= 11 is 5.90. The molecule has 0 saturated carbocycles. The fourth-order valence-electron chi connectivity index (χ4n) is 2.17. The predicted octanol–water partition coefficient (Wildman–Crippen LogP) is 1.43. The number of hydrogen-bond acceptors (Lipinski definition) is 6. The van der Waals surface area contributed by atoms with Crippen molar-refractivity contribution in [2.24, 2.45) is 5.73 Å². The Kier molecular flexibility index (Phi) is 4.88. The molecule has 0 bridgehead atoms. The van der Waals surface area contributed by atoms with Crippen LogP contribution in [0.2, 0.25) is 5.02 Å². The van der Waals surface area contributed by atoms with Crippen molar-refractivity contribution in [3.8, 4) is 17.2 Å². The molecule has 0 aliphatic carbocycles. The van der Waals surface area contributed by atoms with Crippen molar-refractivity contribution >= 4 is 17.3 Å². The molecule has 124 valence electrons. The topological polar surface area (TPSA) is 115 Å².